The van der Waals surface area contributed by atoms with Crippen LogP contribution in [0, 0.1) is 12.7 Å². The zero-order valence-electron chi connectivity index (χ0n) is 13.0. The zero-order chi connectivity index (χ0) is 16.8. The van der Waals surface area contributed by atoms with Crippen molar-refractivity contribution in [2.45, 2.75) is 19.9 Å². The van der Waals surface area contributed by atoms with Crippen LogP contribution in [0.1, 0.15) is 34.5 Å². The maximum Gasteiger partial charge on any atom is 0.338 e. The predicted octanol–water partition coefficient (Wildman–Crippen LogP) is 3.17. The lowest BCUT2D eigenvalue weighted by atomic mass is 10.1. The molecule has 5 heteroatoms. The third-order valence-electron chi connectivity index (χ3n) is 3.42. The monoisotopic (exact) mass is 315 g/mol. The lowest BCUT2D eigenvalue weighted by molar-refractivity contribution is -0.124. The lowest BCUT2D eigenvalue weighted by Gasteiger charge is -2.14. The van der Waals surface area contributed by atoms with Gasteiger partial charge in [0.1, 0.15) is 5.82 Å². The number of rotatable bonds is 5. The molecule has 0 aliphatic heterocycles. The third-order valence-corrected chi connectivity index (χ3v) is 3.42. The van der Waals surface area contributed by atoms with Crippen LogP contribution in [0.15, 0.2) is 48.5 Å². The standard InChI is InChI=1S/C18H18FNO3/c1-12-8-9-15(10-16(12)19)18(22)23-11-17(21)20-13(2)14-6-4-3-5-7-14/h3-10,13H,11H2,1-2H3,(H,20,21)/t13-/m0/s1. The van der Waals surface area contributed by atoms with Crippen LogP contribution in [0.3, 0.4) is 0 Å². The molecule has 0 heterocycles. The minimum absolute atomic E-state index is 0.0806. The van der Waals surface area contributed by atoms with Gasteiger partial charge in [0.25, 0.3) is 5.91 Å². The molecular formula is C18H18FNO3. The molecule has 23 heavy (non-hydrogen) atoms. The van der Waals surface area contributed by atoms with Gasteiger partial charge in [-0.05, 0) is 37.1 Å². The van der Waals surface area contributed by atoms with E-state index in [2.05, 4.69) is 5.32 Å². The molecule has 0 unspecified atom stereocenters. The van der Waals surface area contributed by atoms with E-state index in [9.17, 15) is 14.0 Å². The Kier molecular flexibility index (Phi) is 5.46. The molecule has 2 aromatic carbocycles. The minimum atomic E-state index is -0.730. The van der Waals surface area contributed by atoms with Crippen molar-refractivity contribution in [1.82, 2.24) is 5.32 Å². The van der Waals surface area contributed by atoms with Gasteiger partial charge in [0.15, 0.2) is 6.61 Å². The molecule has 1 amide bonds. The van der Waals surface area contributed by atoms with Crippen LogP contribution in [-0.2, 0) is 9.53 Å². The van der Waals surface area contributed by atoms with Crippen LogP contribution in [0.2, 0.25) is 0 Å². The predicted molar refractivity (Wildman–Crippen MR) is 84.4 cm³/mol. The minimum Gasteiger partial charge on any atom is -0.452 e. The Hall–Kier alpha value is -2.69. The Morgan fingerprint density at radius 1 is 1.17 bits per heavy atom. The van der Waals surface area contributed by atoms with Crippen molar-refractivity contribution < 1.29 is 18.7 Å². The number of halogens is 1. The number of esters is 1. The van der Waals surface area contributed by atoms with E-state index in [0.717, 1.165) is 11.6 Å². The summed E-state index contributed by atoms with van der Waals surface area (Å²) in [4.78, 5) is 23.6. The number of carbonyl (C=O) groups excluding carboxylic acids is 2. The van der Waals surface area contributed by atoms with Crippen LogP contribution in [0.5, 0.6) is 0 Å². The lowest BCUT2D eigenvalue weighted by Crippen LogP contribution is -2.31. The number of amides is 1. The Morgan fingerprint density at radius 2 is 1.87 bits per heavy atom. The van der Waals surface area contributed by atoms with Gasteiger partial charge in [-0.3, -0.25) is 4.79 Å². The summed E-state index contributed by atoms with van der Waals surface area (Å²) >= 11 is 0. The molecule has 0 radical (unpaired) electrons. The molecule has 0 saturated carbocycles. The largest absolute Gasteiger partial charge is 0.452 e. The highest BCUT2D eigenvalue weighted by atomic mass is 19.1. The molecule has 120 valence electrons. The number of carbonyl (C=O) groups is 2. The van der Waals surface area contributed by atoms with Crippen molar-refractivity contribution in [2.24, 2.45) is 0 Å². The van der Waals surface area contributed by atoms with Gasteiger partial charge in [0.2, 0.25) is 0 Å². The van der Waals surface area contributed by atoms with E-state index in [0.29, 0.717) is 5.56 Å². The summed E-state index contributed by atoms with van der Waals surface area (Å²) < 4.78 is 18.3. The van der Waals surface area contributed by atoms with Crippen molar-refractivity contribution in [3.05, 3.63) is 71.0 Å². The van der Waals surface area contributed by atoms with E-state index in [1.807, 2.05) is 37.3 Å². The Labute approximate surface area is 134 Å². The molecule has 0 fully saturated rings. The molecule has 4 nitrogen and oxygen atoms in total. The third kappa shape index (κ3) is 4.64. The number of aryl methyl sites for hydroxylation is 1. The highest BCUT2D eigenvalue weighted by Gasteiger charge is 2.14. The van der Waals surface area contributed by atoms with Crippen LogP contribution >= 0.6 is 0 Å². The van der Waals surface area contributed by atoms with Crippen LogP contribution in [-0.4, -0.2) is 18.5 Å². The van der Waals surface area contributed by atoms with E-state index in [-0.39, 0.29) is 11.6 Å². The second-order valence-corrected chi connectivity index (χ2v) is 5.24. The van der Waals surface area contributed by atoms with Crippen molar-refractivity contribution in [3.8, 4) is 0 Å². The fourth-order valence-electron chi connectivity index (χ4n) is 2.04. The highest BCUT2D eigenvalue weighted by molar-refractivity contribution is 5.91. The fraction of sp³-hybridized carbons (Fsp3) is 0.222. The van der Waals surface area contributed by atoms with E-state index in [4.69, 9.17) is 4.74 Å². The molecular weight excluding hydrogens is 297 g/mol. The Bertz CT molecular complexity index is 701. The summed E-state index contributed by atoms with van der Waals surface area (Å²) in [6.07, 6.45) is 0. The van der Waals surface area contributed by atoms with Gasteiger partial charge in [-0.2, -0.15) is 0 Å². The van der Waals surface area contributed by atoms with Gasteiger partial charge in [-0.1, -0.05) is 36.4 Å². The molecule has 1 N–H and O–H groups in total. The number of ether oxygens (including phenoxy) is 1. The van der Waals surface area contributed by atoms with Gasteiger partial charge in [-0.25, -0.2) is 9.18 Å². The van der Waals surface area contributed by atoms with E-state index in [1.165, 1.54) is 12.1 Å². The topological polar surface area (TPSA) is 55.4 Å². The normalized spacial score (nSPS) is 11.6. The first-order chi connectivity index (χ1) is 11.0. The van der Waals surface area contributed by atoms with Crippen molar-refractivity contribution in [3.63, 3.8) is 0 Å². The summed E-state index contributed by atoms with van der Waals surface area (Å²) in [5, 5.41) is 2.73. The molecule has 0 aliphatic carbocycles. The maximum absolute atomic E-state index is 13.4. The molecule has 2 aromatic rings. The van der Waals surface area contributed by atoms with E-state index in [1.54, 1.807) is 6.92 Å². The number of benzene rings is 2. The van der Waals surface area contributed by atoms with Crippen molar-refractivity contribution >= 4 is 11.9 Å². The van der Waals surface area contributed by atoms with Crippen LogP contribution < -0.4 is 5.32 Å². The molecule has 0 aromatic heterocycles. The summed E-state index contributed by atoms with van der Waals surface area (Å²) in [5.74, 6) is -1.63. The van der Waals surface area contributed by atoms with Crippen LogP contribution in [0.25, 0.3) is 0 Å². The average Bonchev–Trinajstić information content (AvgIpc) is 2.56. The second-order valence-electron chi connectivity index (χ2n) is 5.24. The summed E-state index contributed by atoms with van der Waals surface area (Å²) in [6, 6.07) is 13.3. The van der Waals surface area contributed by atoms with Crippen LogP contribution in [0.4, 0.5) is 4.39 Å². The molecule has 0 aliphatic rings. The second kappa shape index (κ2) is 7.54. The smallest absolute Gasteiger partial charge is 0.338 e. The fourth-order valence-corrected chi connectivity index (χ4v) is 2.04. The van der Waals surface area contributed by atoms with Gasteiger partial charge in [-0.15, -0.1) is 0 Å². The van der Waals surface area contributed by atoms with Gasteiger partial charge < -0.3 is 10.1 Å². The first kappa shape index (κ1) is 16.7. The highest BCUT2D eigenvalue weighted by Crippen LogP contribution is 2.12. The van der Waals surface area contributed by atoms with E-state index < -0.39 is 24.3 Å². The number of hydrogen-bond donors (Lipinski definition) is 1. The molecule has 1 atom stereocenters. The quantitative estimate of drug-likeness (QED) is 0.862. The Morgan fingerprint density at radius 3 is 2.52 bits per heavy atom. The zero-order valence-corrected chi connectivity index (χ0v) is 13.0. The van der Waals surface area contributed by atoms with Gasteiger partial charge >= 0.3 is 5.97 Å². The van der Waals surface area contributed by atoms with Gasteiger partial charge in [0, 0.05) is 0 Å². The molecule has 2 rings (SSSR count). The van der Waals surface area contributed by atoms with Gasteiger partial charge in [0.05, 0.1) is 11.6 Å². The molecule has 0 saturated heterocycles. The number of nitrogens with one attached hydrogen (secondary N) is 1. The summed E-state index contributed by atoms with van der Waals surface area (Å²) in [7, 11) is 0. The van der Waals surface area contributed by atoms with Crippen molar-refractivity contribution in [1.29, 1.82) is 0 Å². The van der Waals surface area contributed by atoms with Crippen molar-refractivity contribution in [2.75, 3.05) is 6.61 Å². The molecule has 0 bridgehead atoms. The maximum atomic E-state index is 13.4. The SMILES string of the molecule is Cc1ccc(C(=O)OCC(=O)N[C@@H](C)c2ccccc2)cc1F. The first-order valence-electron chi connectivity index (χ1n) is 7.25. The van der Waals surface area contributed by atoms with E-state index >= 15 is 0 Å². The Balaban J connectivity index is 1.86. The first-order valence-corrected chi connectivity index (χ1v) is 7.25. The number of hydrogen-bond acceptors (Lipinski definition) is 3. The summed E-state index contributed by atoms with van der Waals surface area (Å²) in [5.41, 5.74) is 1.47. The molecule has 0 spiro atoms. The summed E-state index contributed by atoms with van der Waals surface area (Å²) in [6.45, 7) is 3.03. The average molecular weight is 315 g/mol.